The second kappa shape index (κ2) is 8.32. The highest BCUT2D eigenvalue weighted by Crippen LogP contribution is 2.21. The molecule has 0 saturated carbocycles. The van der Waals surface area contributed by atoms with Gasteiger partial charge in [-0.15, -0.1) is 0 Å². The highest BCUT2D eigenvalue weighted by atomic mass is 32.2. The van der Waals surface area contributed by atoms with Gasteiger partial charge in [0.1, 0.15) is 0 Å². The Morgan fingerprint density at radius 1 is 1.19 bits per heavy atom. The van der Waals surface area contributed by atoms with Crippen molar-refractivity contribution in [3.63, 3.8) is 0 Å². The van der Waals surface area contributed by atoms with Gasteiger partial charge >= 0.3 is 0 Å². The first-order valence-corrected chi connectivity index (χ1v) is 10.5. The monoisotopic (exact) mass is 396 g/mol. The third kappa shape index (κ3) is 4.63. The van der Waals surface area contributed by atoms with Gasteiger partial charge in [0.25, 0.3) is 5.69 Å². The summed E-state index contributed by atoms with van der Waals surface area (Å²) in [5.41, 5.74) is -0.151. The molecule has 10 heteroatoms. The van der Waals surface area contributed by atoms with Gasteiger partial charge in [-0.2, -0.15) is 4.31 Å². The van der Waals surface area contributed by atoms with Gasteiger partial charge in [0.2, 0.25) is 15.9 Å². The molecule has 0 aliphatic carbocycles. The van der Waals surface area contributed by atoms with Crippen molar-refractivity contribution in [3.8, 4) is 0 Å². The number of sulfonamides is 1. The lowest BCUT2D eigenvalue weighted by Gasteiger charge is -2.34. The first-order chi connectivity index (χ1) is 12.9. The van der Waals surface area contributed by atoms with Crippen LogP contribution in [0, 0.1) is 16.0 Å². The molecule has 1 atom stereocenters. The molecule has 2 fully saturated rings. The molecular weight excluding hydrogens is 372 g/mol. The maximum atomic E-state index is 12.7. The molecule has 0 radical (unpaired) electrons. The molecule has 1 amide bonds. The SMILES string of the molecule is O=C(CCC1CCNC1)N1CCN(S(=O)(=O)c2ccc([N+](=O)[O-])cc2)CC1. The van der Waals surface area contributed by atoms with Gasteiger partial charge < -0.3 is 10.2 Å². The molecule has 3 rings (SSSR count). The Kier molecular flexibility index (Phi) is 6.08. The minimum Gasteiger partial charge on any atom is -0.340 e. The van der Waals surface area contributed by atoms with E-state index in [-0.39, 0.29) is 29.6 Å². The Morgan fingerprint density at radius 2 is 1.85 bits per heavy atom. The molecular formula is C17H24N4O5S. The van der Waals surface area contributed by atoms with Crippen LogP contribution in [0.2, 0.25) is 0 Å². The van der Waals surface area contributed by atoms with Crippen LogP contribution in [-0.4, -0.2) is 67.7 Å². The second-order valence-corrected chi connectivity index (χ2v) is 8.87. The number of nitro groups is 1. The fourth-order valence-electron chi connectivity index (χ4n) is 3.51. The normalized spacial score (nSPS) is 21.3. The summed E-state index contributed by atoms with van der Waals surface area (Å²) >= 11 is 0. The lowest BCUT2D eigenvalue weighted by Crippen LogP contribution is -2.50. The Hall–Kier alpha value is -2.04. The van der Waals surface area contributed by atoms with E-state index in [2.05, 4.69) is 5.32 Å². The van der Waals surface area contributed by atoms with Crippen molar-refractivity contribution in [1.82, 2.24) is 14.5 Å². The number of nitro benzene ring substituents is 1. The molecule has 2 heterocycles. The van der Waals surface area contributed by atoms with Gasteiger partial charge in [-0.25, -0.2) is 8.42 Å². The predicted octanol–water partition coefficient (Wildman–Crippen LogP) is 0.817. The minimum absolute atomic E-state index is 0.0293. The zero-order valence-electron chi connectivity index (χ0n) is 15.0. The zero-order valence-corrected chi connectivity index (χ0v) is 15.9. The zero-order chi connectivity index (χ0) is 19.4. The summed E-state index contributed by atoms with van der Waals surface area (Å²) in [4.78, 5) is 24.3. The summed E-state index contributed by atoms with van der Waals surface area (Å²) in [6, 6.07) is 4.87. The molecule has 0 spiro atoms. The number of non-ortho nitro benzene ring substituents is 1. The summed E-state index contributed by atoms with van der Waals surface area (Å²) in [5, 5.41) is 14.0. The Morgan fingerprint density at radius 3 is 2.41 bits per heavy atom. The van der Waals surface area contributed by atoms with Crippen molar-refractivity contribution in [2.75, 3.05) is 39.3 Å². The van der Waals surface area contributed by atoms with Crippen molar-refractivity contribution in [3.05, 3.63) is 34.4 Å². The fourth-order valence-corrected chi connectivity index (χ4v) is 4.94. The van der Waals surface area contributed by atoms with Gasteiger partial charge in [0.15, 0.2) is 0 Å². The van der Waals surface area contributed by atoms with Gasteiger partial charge in [-0.3, -0.25) is 14.9 Å². The number of piperazine rings is 1. The van der Waals surface area contributed by atoms with E-state index < -0.39 is 14.9 Å². The van der Waals surface area contributed by atoms with Crippen LogP contribution in [0.15, 0.2) is 29.2 Å². The Bertz CT molecular complexity index is 782. The highest BCUT2D eigenvalue weighted by Gasteiger charge is 2.30. The van der Waals surface area contributed by atoms with Gasteiger partial charge in [0, 0.05) is 44.7 Å². The van der Waals surface area contributed by atoms with Crippen molar-refractivity contribution < 1.29 is 18.1 Å². The lowest BCUT2D eigenvalue weighted by molar-refractivity contribution is -0.384. The average molecular weight is 396 g/mol. The van der Waals surface area contributed by atoms with Crippen LogP contribution in [0.3, 0.4) is 0 Å². The van der Waals surface area contributed by atoms with E-state index in [0.717, 1.165) is 25.9 Å². The van der Waals surface area contributed by atoms with Crippen LogP contribution in [-0.2, 0) is 14.8 Å². The van der Waals surface area contributed by atoms with E-state index in [1.165, 1.54) is 28.6 Å². The lowest BCUT2D eigenvalue weighted by atomic mass is 10.0. The molecule has 1 N–H and O–H groups in total. The third-order valence-corrected chi connectivity index (χ3v) is 7.12. The predicted molar refractivity (Wildman–Crippen MR) is 98.6 cm³/mol. The number of carbonyl (C=O) groups excluding carboxylic acids is 1. The average Bonchev–Trinajstić information content (AvgIpc) is 3.20. The maximum absolute atomic E-state index is 12.7. The molecule has 0 aromatic heterocycles. The number of hydrogen-bond acceptors (Lipinski definition) is 6. The fraction of sp³-hybridized carbons (Fsp3) is 0.588. The largest absolute Gasteiger partial charge is 0.340 e. The number of amides is 1. The molecule has 9 nitrogen and oxygen atoms in total. The second-order valence-electron chi connectivity index (χ2n) is 6.93. The first-order valence-electron chi connectivity index (χ1n) is 9.11. The summed E-state index contributed by atoms with van der Waals surface area (Å²) in [6.07, 6.45) is 2.48. The molecule has 1 aromatic carbocycles. The number of benzene rings is 1. The van der Waals surface area contributed by atoms with Crippen molar-refractivity contribution in [2.24, 2.45) is 5.92 Å². The molecule has 1 unspecified atom stereocenters. The smallest absolute Gasteiger partial charge is 0.269 e. The van der Waals surface area contributed by atoms with Crippen LogP contribution in [0.25, 0.3) is 0 Å². The molecule has 2 aliphatic rings. The standard InChI is InChI=1S/C17H24N4O5S/c22-17(6-1-14-7-8-18-13-14)19-9-11-20(12-10-19)27(25,26)16-4-2-15(3-5-16)21(23)24/h2-5,14,18H,1,6-13H2. The molecule has 2 aliphatic heterocycles. The Balaban J connectivity index is 1.54. The number of nitrogens with one attached hydrogen (secondary N) is 1. The van der Waals surface area contributed by atoms with Crippen molar-refractivity contribution in [2.45, 2.75) is 24.2 Å². The van der Waals surface area contributed by atoms with E-state index in [1.807, 2.05) is 0 Å². The first kappa shape index (κ1) is 19.7. The highest BCUT2D eigenvalue weighted by molar-refractivity contribution is 7.89. The molecule has 1 aromatic rings. The topological polar surface area (TPSA) is 113 Å². The van der Waals surface area contributed by atoms with E-state index in [1.54, 1.807) is 4.90 Å². The van der Waals surface area contributed by atoms with Crippen molar-refractivity contribution >= 4 is 21.6 Å². The van der Waals surface area contributed by atoms with Crippen LogP contribution >= 0.6 is 0 Å². The molecule has 2 saturated heterocycles. The minimum atomic E-state index is -3.71. The third-order valence-electron chi connectivity index (χ3n) is 5.21. The van der Waals surface area contributed by atoms with Crippen LogP contribution < -0.4 is 5.32 Å². The summed E-state index contributed by atoms with van der Waals surface area (Å²) < 4.78 is 26.7. The number of carbonyl (C=O) groups is 1. The number of rotatable bonds is 6. The van der Waals surface area contributed by atoms with Crippen LogP contribution in [0.1, 0.15) is 19.3 Å². The van der Waals surface area contributed by atoms with E-state index in [0.29, 0.717) is 25.4 Å². The van der Waals surface area contributed by atoms with Crippen LogP contribution in [0.4, 0.5) is 5.69 Å². The molecule has 27 heavy (non-hydrogen) atoms. The van der Waals surface area contributed by atoms with E-state index in [4.69, 9.17) is 0 Å². The number of hydrogen-bond donors (Lipinski definition) is 1. The van der Waals surface area contributed by atoms with Gasteiger partial charge in [-0.05, 0) is 44.0 Å². The Labute approximate surface area is 158 Å². The van der Waals surface area contributed by atoms with E-state index >= 15 is 0 Å². The number of nitrogens with zero attached hydrogens (tertiary/aromatic N) is 3. The van der Waals surface area contributed by atoms with Crippen LogP contribution in [0.5, 0.6) is 0 Å². The van der Waals surface area contributed by atoms with Crippen molar-refractivity contribution in [1.29, 1.82) is 0 Å². The maximum Gasteiger partial charge on any atom is 0.269 e. The summed E-state index contributed by atoms with van der Waals surface area (Å²) in [6.45, 7) is 3.18. The molecule has 148 valence electrons. The van der Waals surface area contributed by atoms with Gasteiger partial charge in [-0.1, -0.05) is 0 Å². The van der Waals surface area contributed by atoms with Gasteiger partial charge in [0.05, 0.1) is 9.82 Å². The van der Waals surface area contributed by atoms with E-state index in [9.17, 15) is 23.3 Å². The summed E-state index contributed by atoms with van der Waals surface area (Å²) in [5.74, 6) is 0.632. The molecule has 0 bridgehead atoms. The quantitative estimate of drug-likeness (QED) is 0.563. The summed E-state index contributed by atoms with van der Waals surface area (Å²) in [7, 11) is -3.71.